The average Bonchev–Trinajstić information content (AvgIpc) is 2.67. The molecule has 14 heavy (non-hydrogen) atoms. The summed E-state index contributed by atoms with van der Waals surface area (Å²) in [5.41, 5.74) is 0. The minimum Gasteiger partial charge on any atom is -0.370 e. The van der Waals surface area contributed by atoms with Gasteiger partial charge in [-0.2, -0.15) is 11.8 Å². The monoisotopic (exact) mass is 212 g/mol. The minimum absolute atomic E-state index is 0.696. The second-order valence-electron chi connectivity index (χ2n) is 4.24. The summed E-state index contributed by atoms with van der Waals surface area (Å²) >= 11 is 2.01. The largest absolute Gasteiger partial charge is 0.370 e. The Bertz CT molecular complexity index is 215. The number of amidine groups is 1. The van der Waals surface area contributed by atoms with Crippen LogP contribution in [0.3, 0.4) is 0 Å². The van der Waals surface area contributed by atoms with E-state index in [1.807, 2.05) is 11.8 Å². The van der Waals surface area contributed by atoms with Gasteiger partial charge >= 0.3 is 0 Å². The lowest BCUT2D eigenvalue weighted by molar-refractivity contribution is 0.612. The number of nitrogens with zero attached hydrogens (tertiary/aromatic N) is 1. The predicted octanol–water partition coefficient (Wildman–Crippen LogP) is 2.44. The van der Waals surface area contributed by atoms with Gasteiger partial charge in [-0.25, -0.2) is 0 Å². The number of rotatable bonds is 2. The molecule has 0 spiro atoms. The highest BCUT2D eigenvalue weighted by Gasteiger charge is 2.27. The lowest BCUT2D eigenvalue weighted by Crippen LogP contribution is -2.39. The maximum atomic E-state index is 4.56. The van der Waals surface area contributed by atoms with Crippen LogP contribution in [0.5, 0.6) is 0 Å². The summed E-state index contributed by atoms with van der Waals surface area (Å²) in [4.78, 5) is 4.56. The van der Waals surface area contributed by atoms with Crippen molar-refractivity contribution in [2.75, 3.05) is 12.8 Å². The van der Waals surface area contributed by atoms with Gasteiger partial charge in [0.1, 0.15) is 0 Å². The van der Waals surface area contributed by atoms with E-state index >= 15 is 0 Å². The lowest BCUT2D eigenvalue weighted by Gasteiger charge is -2.23. The van der Waals surface area contributed by atoms with E-state index in [-0.39, 0.29) is 0 Å². The highest BCUT2D eigenvalue weighted by atomic mass is 32.2. The fraction of sp³-hybridized carbons (Fsp3) is 0.909. The van der Waals surface area contributed by atoms with Gasteiger partial charge in [-0.1, -0.05) is 6.42 Å². The lowest BCUT2D eigenvalue weighted by atomic mass is 10.1. The third-order valence-electron chi connectivity index (χ3n) is 3.23. The Kier molecular flexibility index (Phi) is 3.74. The first kappa shape index (κ1) is 10.3. The molecule has 0 bridgehead atoms. The first-order chi connectivity index (χ1) is 6.90. The van der Waals surface area contributed by atoms with Crippen LogP contribution in [-0.2, 0) is 0 Å². The van der Waals surface area contributed by atoms with Crippen LogP contribution in [0.2, 0.25) is 0 Å². The van der Waals surface area contributed by atoms with Crippen LogP contribution in [0, 0.1) is 0 Å². The van der Waals surface area contributed by atoms with E-state index in [0.29, 0.717) is 6.04 Å². The van der Waals surface area contributed by atoms with Gasteiger partial charge in [0.2, 0.25) is 0 Å². The summed E-state index contributed by atoms with van der Waals surface area (Å²) in [7, 11) is 0. The van der Waals surface area contributed by atoms with E-state index in [1.165, 1.54) is 44.4 Å². The van der Waals surface area contributed by atoms with Crippen molar-refractivity contribution in [3.63, 3.8) is 0 Å². The molecule has 0 aromatic carbocycles. The van der Waals surface area contributed by atoms with E-state index in [4.69, 9.17) is 0 Å². The number of aliphatic imine (C=N–C) groups is 1. The third kappa shape index (κ3) is 2.44. The van der Waals surface area contributed by atoms with Crippen molar-refractivity contribution in [2.24, 2.45) is 4.99 Å². The molecular weight excluding hydrogens is 192 g/mol. The number of hydrogen-bond acceptors (Lipinski definition) is 3. The molecule has 2 atom stereocenters. The summed E-state index contributed by atoms with van der Waals surface area (Å²) in [5, 5.41) is 4.47. The van der Waals surface area contributed by atoms with Crippen molar-refractivity contribution < 1.29 is 0 Å². The Balaban J connectivity index is 1.86. The molecule has 1 N–H and O–H groups in total. The van der Waals surface area contributed by atoms with Gasteiger partial charge in [0.15, 0.2) is 0 Å². The summed E-state index contributed by atoms with van der Waals surface area (Å²) in [6.07, 6.45) is 10.1. The number of thioether (sulfide) groups is 1. The van der Waals surface area contributed by atoms with Gasteiger partial charge in [0, 0.05) is 24.3 Å². The summed E-state index contributed by atoms with van der Waals surface area (Å²) in [5.74, 6) is 1.28. The zero-order valence-electron chi connectivity index (χ0n) is 8.96. The number of nitrogens with one attached hydrogen (secondary N) is 1. The summed E-state index contributed by atoms with van der Waals surface area (Å²) in [6, 6.07) is 0.696. The Morgan fingerprint density at radius 3 is 2.93 bits per heavy atom. The van der Waals surface area contributed by atoms with Crippen molar-refractivity contribution in [1.82, 2.24) is 5.32 Å². The van der Waals surface area contributed by atoms with E-state index in [9.17, 15) is 0 Å². The van der Waals surface area contributed by atoms with E-state index in [0.717, 1.165) is 11.8 Å². The molecule has 80 valence electrons. The van der Waals surface area contributed by atoms with Crippen LogP contribution < -0.4 is 5.32 Å². The van der Waals surface area contributed by atoms with E-state index in [2.05, 4.69) is 16.6 Å². The Morgan fingerprint density at radius 1 is 1.29 bits per heavy atom. The molecular formula is C11H20N2S. The van der Waals surface area contributed by atoms with E-state index < -0.39 is 0 Å². The maximum absolute atomic E-state index is 4.56. The van der Waals surface area contributed by atoms with Crippen LogP contribution >= 0.6 is 11.8 Å². The summed E-state index contributed by atoms with van der Waals surface area (Å²) < 4.78 is 0. The second kappa shape index (κ2) is 5.06. The van der Waals surface area contributed by atoms with Gasteiger partial charge in [0.25, 0.3) is 0 Å². The van der Waals surface area contributed by atoms with Crippen molar-refractivity contribution in [3.8, 4) is 0 Å². The molecule has 0 saturated heterocycles. The van der Waals surface area contributed by atoms with Crippen LogP contribution in [-0.4, -0.2) is 29.9 Å². The molecule has 1 saturated carbocycles. The van der Waals surface area contributed by atoms with Gasteiger partial charge in [0.05, 0.1) is 5.84 Å². The van der Waals surface area contributed by atoms with Crippen LogP contribution in [0.25, 0.3) is 0 Å². The number of hydrogen-bond donors (Lipinski definition) is 1. The van der Waals surface area contributed by atoms with Gasteiger partial charge in [-0.3, -0.25) is 4.99 Å². The Morgan fingerprint density at radius 2 is 2.21 bits per heavy atom. The first-order valence-electron chi connectivity index (χ1n) is 5.73. The fourth-order valence-electron chi connectivity index (χ4n) is 2.40. The molecule has 0 amide bonds. The van der Waals surface area contributed by atoms with Gasteiger partial charge < -0.3 is 5.32 Å². The quantitative estimate of drug-likeness (QED) is 0.760. The molecule has 3 heteroatoms. The standard InChI is InChI=1S/C11H20N2S/c1-14-10-6-4-5-9(10)13-11-7-2-3-8-12-11/h9-10H,2-8H2,1H3,(H,12,13). The smallest absolute Gasteiger partial charge is 0.0965 e. The Hall–Kier alpha value is -0.180. The normalized spacial score (nSPS) is 32.8. The molecule has 2 unspecified atom stereocenters. The molecule has 0 aromatic heterocycles. The molecule has 2 aliphatic rings. The fourth-order valence-corrected chi connectivity index (χ4v) is 3.34. The Labute approximate surface area is 90.9 Å². The zero-order chi connectivity index (χ0) is 9.80. The average molecular weight is 212 g/mol. The maximum Gasteiger partial charge on any atom is 0.0965 e. The van der Waals surface area contributed by atoms with Crippen LogP contribution in [0.15, 0.2) is 4.99 Å². The van der Waals surface area contributed by atoms with Crippen molar-refractivity contribution in [3.05, 3.63) is 0 Å². The molecule has 2 rings (SSSR count). The molecule has 1 aliphatic carbocycles. The molecule has 0 radical (unpaired) electrons. The second-order valence-corrected chi connectivity index (χ2v) is 5.32. The van der Waals surface area contributed by atoms with Crippen molar-refractivity contribution >= 4 is 17.6 Å². The minimum atomic E-state index is 0.696. The predicted molar refractivity (Wildman–Crippen MR) is 64.2 cm³/mol. The van der Waals surface area contributed by atoms with Gasteiger partial charge in [-0.05, 0) is 31.9 Å². The van der Waals surface area contributed by atoms with Crippen molar-refractivity contribution in [2.45, 2.75) is 49.8 Å². The van der Waals surface area contributed by atoms with Crippen LogP contribution in [0.1, 0.15) is 38.5 Å². The topological polar surface area (TPSA) is 24.4 Å². The molecule has 2 nitrogen and oxygen atoms in total. The van der Waals surface area contributed by atoms with Crippen molar-refractivity contribution in [1.29, 1.82) is 0 Å². The molecule has 1 fully saturated rings. The van der Waals surface area contributed by atoms with E-state index in [1.54, 1.807) is 0 Å². The highest BCUT2D eigenvalue weighted by Crippen LogP contribution is 2.28. The molecule has 1 heterocycles. The van der Waals surface area contributed by atoms with Gasteiger partial charge in [-0.15, -0.1) is 0 Å². The molecule has 0 aromatic rings. The molecule has 1 aliphatic heterocycles. The SMILES string of the molecule is CSC1CCCC1NC1=NCCCC1. The highest BCUT2D eigenvalue weighted by molar-refractivity contribution is 7.99. The first-order valence-corrected chi connectivity index (χ1v) is 7.01. The summed E-state index contributed by atoms with van der Waals surface area (Å²) in [6.45, 7) is 1.04. The zero-order valence-corrected chi connectivity index (χ0v) is 9.78. The third-order valence-corrected chi connectivity index (χ3v) is 4.40. The van der Waals surface area contributed by atoms with Crippen LogP contribution in [0.4, 0.5) is 0 Å².